The van der Waals surface area contributed by atoms with Gasteiger partial charge in [0.25, 0.3) is 0 Å². The molecule has 2 aromatic carbocycles. The van der Waals surface area contributed by atoms with Gasteiger partial charge >= 0.3 is 0 Å². The summed E-state index contributed by atoms with van der Waals surface area (Å²) in [6, 6.07) is 18.5. The maximum atomic E-state index is 6.05. The summed E-state index contributed by atoms with van der Waals surface area (Å²) in [5.74, 6) is 1.11. The number of nitrogens with zero attached hydrogens (tertiary/aromatic N) is 2. The fourth-order valence-corrected chi connectivity index (χ4v) is 4.79. The minimum Gasteiger partial charge on any atom is -0.322 e. The fraction of sp³-hybridized carbons (Fsp3) is 0.409. The van der Waals surface area contributed by atoms with Gasteiger partial charge in [-0.2, -0.15) is 0 Å². The Kier molecular flexibility index (Phi) is 4.64. The van der Waals surface area contributed by atoms with Crippen molar-refractivity contribution in [1.82, 2.24) is 20.2 Å². The molecule has 2 atom stereocenters. The highest BCUT2D eigenvalue weighted by Crippen LogP contribution is 2.27. The predicted octanol–water partition coefficient (Wildman–Crippen LogP) is 4.11. The first-order valence-electron chi connectivity index (χ1n) is 9.92. The molecule has 5 rings (SSSR count). The summed E-state index contributed by atoms with van der Waals surface area (Å²) in [5, 5.41) is 8.28. The highest BCUT2D eigenvalue weighted by atomic mass is 35.5. The molecule has 2 N–H and O–H groups in total. The van der Waals surface area contributed by atoms with Gasteiger partial charge in [0.1, 0.15) is 5.82 Å². The van der Waals surface area contributed by atoms with E-state index in [-0.39, 0.29) is 0 Å². The molecule has 3 heterocycles. The summed E-state index contributed by atoms with van der Waals surface area (Å²) in [7, 11) is 0. The number of para-hydroxylation sites is 2. The number of imidazole rings is 1. The van der Waals surface area contributed by atoms with Gasteiger partial charge in [0.2, 0.25) is 0 Å². The zero-order valence-electron chi connectivity index (χ0n) is 15.4. The van der Waals surface area contributed by atoms with Crippen molar-refractivity contribution >= 4 is 22.6 Å². The number of aromatic nitrogens is 2. The number of piperidine rings is 1. The van der Waals surface area contributed by atoms with Crippen LogP contribution in [0.3, 0.4) is 0 Å². The molecule has 5 heteroatoms. The van der Waals surface area contributed by atoms with Crippen LogP contribution in [0.25, 0.3) is 11.0 Å². The van der Waals surface area contributed by atoms with E-state index in [0.29, 0.717) is 18.1 Å². The van der Waals surface area contributed by atoms with Crippen molar-refractivity contribution in [3.05, 3.63) is 64.9 Å². The molecule has 0 radical (unpaired) electrons. The second-order valence-corrected chi connectivity index (χ2v) is 8.35. The van der Waals surface area contributed by atoms with E-state index >= 15 is 0 Å². The van der Waals surface area contributed by atoms with Crippen LogP contribution in [-0.4, -0.2) is 27.7 Å². The Morgan fingerprint density at radius 3 is 2.56 bits per heavy atom. The topological polar surface area (TPSA) is 41.9 Å². The number of hydrogen-bond donors (Lipinski definition) is 2. The maximum absolute atomic E-state index is 6.05. The molecule has 0 amide bonds. The number of hydrogen-bond acceptors (Lipinski definition) is 3. The molecule has 140 valence electrons. The molecular weight excluding hydrogens is 356 g/mol. The number of benzene rings is 2. The summed E-state index contributed by atoms with van der Waals surface area (Å²) in [5.41, 5.74) is 3.49. The van der Waals surface area contributed by atoms with Crippen molar-refractivity contribution in [2.45, 2.75) is 56.9 Å². The Morgan fingerprint density at radius 2 is 1.78 bits per heavy atom. The van der Waals surface area contributed by atoms with Crippen LogP contribution in [-0.2, 0) is 13.1 Å². The quantitative estimate of drug-likeness (QED) is 0.699. The molecule has 0 aliphatic carbocycles. The van der Waals surface area contributed by atoms with Gasteiger partial charge in [0, 0.05) is 29.7 Å². The Labute approximate surface area is 164 Å². The Hall–Kier alpha value is -1.88. The minimum atomic E-state index is 0.590. The first kappa shape index (κ1) is 17.2. The fourth-order valence-electron chi connectivity index (χ4n) is 4.67. The smallest absolute Gasteiger partial charge is 0.124 e. The lowest BCUT2D eigenvalue weighted by Gasteiger charge is -2.29. The molecule has 3 aromatic rings. The number of halogens is 1. The Morgan fingerprint density at radius 1 is 1.04 bits per heavy atom. The minimum absolute atomic E-state index is 0.590. The summed E-state index contributed by atoms with van der Waals surface area (Å²) in [6.07, 6.45) is 5.12. The molecule has 2 saturated heterocycles. The van der Waals surface area contributed by atoms with E-state index in [1.165, 1.54) is 36.8 Å². The van der Waals surface area contributed by atoms with Gasteiger partial charge in [-0.25, -0.2) is 4.98 Å². The summed E-state index contributed by atoms with van der Waals surface area (Å²) >= 11 is 6.05. The van der Waals surface area contributed by atoms with Crippen LogP contribution in [0.2, 0.25) is 5.02 Å². The van der Waals surface area contributed by atoms with Gasteiger partial charge in [0.05, 0.1) is 17.6 Å². The molecule has 2 aliphatic rings. The highest BCUT2D eigenvalue weighted by molar-refractivity contribution is 6.30. The van der Waals surface area contributed by atoms with E-state index < -0.39 is 0 Å². The van der Waals surface area contributed by atoms with E-state index in [9.17, 15) is 0 Å². The second-order valence-electron chi connectivity index (χ2n) is 7.92. The third-order valence-corrected chi connectivity index (χ3v) is 6.26. The maximum Gasteiger partial charge on any atom is 0.124 e. The predicted molar refractivity (Wildman–Crippen MR) is 110 cm³/mol. The Balaban J connectivity index is 1.38. The van der Waals surface area contributed by atoms with Crippen molar-refractivity contribution in [2.75, 3.05) is 0 Å². The number of nitrogens with one attached hydrogen (secondary N) is 2. The zero-order valence-corrected chi connectivity index (χ0v) is 16.1. The number of fused-ring (bicyclic) bond motifs is 3. The lowest BCUT2D eigenvalue weighted by molar-refractivity contribution is 0.314. The molecule has 2 aliphatic heterocycles. The molecule has 4 nitrogen and oxygen atoms in total. The average Bonchev–Trinajstić information content (AvgIpc) is 3.21. The normalized spacial score (nSPS) is 24.6. The third kappa shape index (κ3) is 3.62. The van der Waals surface area contributed by atoms with Gasteiger partial charge in [-0.1, -0.05) is 35.9 Å². The highest BCUT2D eigenvalue weighted by Gasteiger charge is 2.33. The SMILES string of the molecule is Clc1ccc(Cn2c(CNC3CC4CCC(C3)N4)nc3ccccc32)cc1. The molecule has 2 unspecified atom stereocenters. The molecule has 0 spiro atoms. The lowest BCUT2D eigenvalue weighted by Crippen LogP contribution is -2.46. The van der Waals surface area contributed by atoms with Gasteiger partial charge < -0.3 is 15.2 Å². The second kappa shape index (κ2) is 7.27. The first-order chi connectivity index (χ1) is 13.2. The van der Waals surface area contributed by atoms with Gasteiger partial charge in [-0.05, 0) is 55.5 Å². The largest absolute Gasteiger partial charge is 0.322 e. The van der Waals surface area contributed by atoms with Gasteiger partial charge in [-0.3, -0.25) is 0 Å². The van der Waals surface area contributed by atoms with Crippen LogP contribution in [0.1, 0.15) is 37.1 Å². The molecule has 2 fully saturated rings. The van der Waals surface area contributed by atoms with Crippen molar-refractivity contribution in [2.24, 2.45) is 0 Å². The van der Waals surface area contributed by atoms with Crippen molar-refractivity contribution in [1.29, 1.82) is 0 Å². The van der Waals surface area contributed by atoms with E-state index in [0.717, 1.165) is 29.5 Å². The molecule has 0 saturated carbocycles. The summed E-state index contributed by atoms with van der Waals surface area (Å²) < 4.78 is 2.33. The van der Waals surface area contributed by atoms with Gasteiger partial charge in [0.15, 0.2) is 0 Å². The zero-order chi connectivity index (χ0) is 18.2. The average molecular weight is 381 g/mol. The van der Waals surface area contributed by atoms with E-state index in [1.54, 1.807) is 0 Å². The summed E-state index contributed by atoms with van der Waals surface area (Å²) in [6.45, 7) is 1.62. The van der Waals surface area contributed by atoms with Gasteiger partial charge in [-0.15, -0.1) is 0 Å². The van der Waals surface area contributed by atoms with E-state index in [1.807, 2.05) is 12.1 Å². The first-order valence-corrected chi connectivity index (χ1v) is 10.3. The van der Waals surface area contributed by atoms with Crippen molar-refractivity contribution in [3.63, 3.8) is 0 Å². The number of rotatable bonds is 5. The molecule has 2 bridgehead atoms. The molecule has 1 aromatic heterocycles. The van der Waals surface area contributed by atoms with Crippen LogP contribution >= 0.6 is 11.6 Å². The van der Waals surface area contributed by atoms with Crippen molar-refractivity contribution in [3.8, 4) is 0 Å². The van der Waals surface area contributed by atoms with Crippen LogP contribution in [0.15, 0.2) is 48.5 Å². The monoisotopic (exact) mass is 380 g/mol. The Bertz CT molecular complexity index is 921. The standard InChI is InChI=1S/C22H25ClN4/c23-16-7-5-15(6-8-16)14-27-21-4-2-1-3-20(21)26-22(27)13-24-19-11-17-9-10-18(12-19)25-17/h1-8,17-19,24-25H,9-14H2. The third-order valence-electron chi connectivity index (χ3n) is 6.01. The van der Waals surface area contributed by atoms with Crippen LogP contribution in [0.5, 0.6) is 0 Å². The van der Waals surface area contributed by atoms with Crippen molar-refractivity contribution < 1.29 is 0 Å². The molecule has 27 heavy (non-hydrogen) atoms. The summed E-state index contributed by atoms with van der Waals surface area (Å²) in [4.78, 5) is 4.92. The van der Waals surface area contributed by atoms with Crippen LogP contribution in [0, 0.1) is 0 Å². The van der Waals surface area contributed by atoms with Crippen LogP contribution < -0.4 is 10.6 Å². The molecular formula is C22H25ClN4. The van der Waals surface area contributed by atoms with E-state index in [2.05, 4.69) is 51.6 Å². The van der Waals surface area contributed by atoms with Crippen LogP contribution in [0.4, 0.5) is 0 Å². The lowest BCUT2D eigenvalue weighted by atomic mass is 10.00. The van der Waals surface area contributed by atoms with E-state index in [4.69, 9.17) is 16.6 Å².